The quantitative estimate of drug-likeness (QED) is 0.170. The van der Waals surface area contributed by atoms with Gasteiger partial charge in [0.05, 0.1) is 11.0 Å². The number of carboxylic acids is 1. The minimum absolute atomic E-state index is 0.00226. The molecule has 0 amide bonds. The third-order valence-electron chi connectivity index (χ3n) is 1.56. The van der Waals surface area contributed by atoms with Crippen LogP contribution in [0.15, 0.2) is 5.28 Å². The van der Waals surface area contributed by atoms with Gasteiger partial charge in [0.1, 0.15) is 0 Å². The highest BCUT2D eigenvalue weighted by Crippen LogP contribution is 1.99. The van der Waals surface area contributed by atoms with Crippen LogP contribution in [-0.4, -0.2) is 46.4 Å². The molecule has 0 spiro atoms. The van der Waals surface area contributed by atoms with E-state index in [1.807, 2.05) is 0 Å². The summed E-state index contributed by atoms with van der Waals surface area (Å²) in [6.07, 6.45) is 0. The Morgan fingerprint density at radius 2 is 2.12 bits per heavy atom. The van der Waals surface area contributed by atoms with Gasteiger partial charge in [0.15, 0.2) is 6.54 Å². The Morgan fingerprint density at radius 1 is 1.53 bits per heavy atom. The third-order valence-corrected chi connectivity index (χ3v) is 1.56. The molecule has 0 saturated heterocycles. The molecule has 0 unspecified atom stereocenters. The van der Waals surface area contributed by atoms with Crippen LogP contribution in [0.3, 0.4) is 0 Å². The number of carbonyl (C=O) groups excluding carboxylic acids is 1. The van der Waals surface area contributed by atoms with Gasteiger partial charge in [-0.15, -0.1) is 5.01 Å². The normalized spacial score (nSPS) is 11.2. The SMILES string of the molecule is CC(=O)OCO/N=[N+](/[O-])N(CC(=O)O)C(C)C. The molecule has 9 heteroatoms. The van der Waals surface area contributed by atoms with Gasteiger partial charge in [-0.1, -0.05) is 0 Å². The van der Waals surface area contributed by atoms with Crippen LogP contribution in [0, 0.1) is 5.21 Å². The average molecular weight is 249 g/mol. The summed E-state index contributed by atoms with van der Waals surface area (Å²) in [4.78, 5) is 25.2. The summed E-state index contributed by atoms with van der Waals surface area (Å²) in [5.41, 5.74) is 0. The Hall–Kier alpha value is -2.06. The zero-order valence-electron chi connectivity index (χ0n) is 9.82. The van der Waals surface area contributed by atoms with Crippen LogP contribution < -0.4 is 0 Å². The van der Waals surface area contributed by atoms with Crippen molar-refractivity contribution < 1.29 is 29.2 Å². The molecule has 0 radical (unpaired) electrons. The smallest absolute Gasteiger partial charge is 0.329 e. The van der Waals surface area contributed by atoms with Gasteiger partial charge < -0.3 is 19.9 Å². The number of hydrazine groups is 1. The maximum Gasteiger partial charge on any atom is 0.329 e. The second kappa shape index (κ2) is 7.25. The first-order valence-corrected chi connectivity index (χ1v) is 4.76. The van der Waals surface area contributed by atoms with Crippen molar-refractivity contribution in [3.63, 3.8) is 0 Å². The molecule has 1 N–H and O–H groups in total. The molecular formula is C8H15N3O6. The van der Waals surface area contributed by atoms with Crippen molar-refractivity contribution in [2.24, 2.45) is 5.28 Å². The average Bonchev–Trinajstić information content (AvgIpc) is 2.19. The molecule has 0 saturated carbocycles. The molecule has 0 heterocycles. The lowest BCUT2D eigenvalue weighted by molar-refractivity contribution is -0.716. The van der Waals surface area contributed by atoms with Crippen molar-refractivity contribution >= 4 is 11.9 Å². The van der Waals surface area contributed by atoms with Crippen molar-refractivity contribution in [1.82, 2.24) is 5.01 Å². The molecule has 0 aliphatic rings. The van der Waals surface area contributed by atoms with Gasteiger partial charge in [0.25, 0.3) is 6.79 Å². The van der Waals surface area contributed by atoms with Crippen LogP contribution in [0.2, 0.25) is 0 Å². The molecule has 17 heavy (non-hydrogen) atoms. The van der Waals surface area contributed by atoms with E-state index in [-0.39, 0.29) is 11.0 Å². The molecule has 0 aromatic carbocycles. The van der Waals surface area contributed by atoms with Crippen LogP contribution in [-0.2, 0) is 19.2 Å². The molecule has 0 fully saturated rings. The number of carboxylic acid groups (broad SMARTS) is 1. The number of hydrogen-bond acceptors (Lipinski definition) is 6. The standard InChI is InChI=1S/C8H15N3O6/c1-6(2)10(4-8(13)14)11(15)9-17-5-16-7(3)12/h6H,4-5H2,1-3H3,(H,13,14)/b11-9+. The maximum atomic E-state index is 11.3. The molecule has 98 valence electrons. The Labute approximate surface area is 97.7 Å². The molecule has 0 aromatic heterocycles. The van der Waals surface area contributed by atoms with Gasteiger partial charge in [-0.05, 0) is 13.8 Å². The van der Waals surface area contributed by atoms with Gasteiger partial charge >= 0.3 is 11.9 Å². The number of ether oxygens (including phenoxy) is 1. The van der Waals surface area contributed by atoms with Gasteiger partial charge in [0.2, 0.25) is 5.28 Å². The van der Waals surface area contributed by atoms with Gasteiger partial charge in [-0.2, -0.15) is 0 Å². The maximum absolute atomic E-state index is 11.3. The molecular weight excluding hydrogens is 234 g/mol. The second-order valence-corrected chi connectivity index (χ2v) is 3.30. The van der Waals surface area contributed by atoms with E-state index in [4.69, 9.17) is 5.11 Å². The van der Waals surface area contributed by atoms with Crippen molar-refractivity contribution in [1.29, 1.82) is 0 Å². The van der Waals surface area contributed by atoms with Gasteiger partial charge in [0, 0.05) is 6.92 Å². The van der Waals surface area contributed by atoms with E-state index < -0.39 is 25.3 Å². The second-order valence-electron chi connectivity index (χ2n) is 3.30. The molecule has 0 aliphatic heterocycles. The van der Waals surface area contributed by atoms with E-state index in [0.29, 0.717) is 0 Å². The number of hydrogen-bond donors (Lipinski definition) is 1. The fourth-order valence-electron chi connectivity index (χ4n) is 0.808. The van der Waals surface area contributed by atoms with Crippen LogP contribution in [0.4, 0.5) is 0 Å². The van der Waals surface area contributed by atoms with Crippen LogP contribution in [0.25, 0.3) is 0 Å². The van der Waals surface area contributed by atoms with Crippen LogP contribution >= 0.6 is 0 Å². The van der Waals surface area contributed by atoms with Gasteiger partial charge in [-0.25, -0.2) is 0 Å². The molecule has 0 aliphatic carbocycles. The van der Waals surface area contributed by atoms with E-state index in [1.165, 1.54) is 6.92 Å². The Balaban J connectivity index is 4.29. The Kier molecular flexibility index (Phi) is 6.37. The zero-order chi connectivity index (χ0) is 13.4. The first-order chi connectivity index (χ1) is 7.84. The number of esters is 1. The predicted octanol–water partition coefficient (Wildman–Crippen LogP) is 0.111. The fourth-order valence-corrected chi connectivity index (χ4v) is 0.808. The summed E-state index contributed by atoms with van der Waals surface area (Å²) >= 11 is 0. The molecule has 0 atom stereocenters. The fraction of sp³-hybridized carbons (Fsp3) is 0.750. The summed E-state index contributed by atoms with van der Waals surface area (Å²) in [6, 6.07) is -0.371. The van der Waals surface area contributed by atoms with Crippen LogP contribution in [0.5, 0.6) is 0 Å². The highest BCUT2D eigenvalue weighted by molar-refractivity contribution is 5.68. The Morgan fingerprint density at radius 3 is 2.53 bits per heavy atom. The van der Waals surface area contributed by atoms with E-state index in [9.17, 15) is 14.8 Å². The number of carbonyl (C=O) groups is 2. The lowest BCUT2D eigenvalue weighted by Crippen LogP contribution is -2.40. The van der Waals surface area contributed by atoms with Crippen molar-refractivity contribution in [2.45, 2.75) is 26.8 Å². The molecule has 0 rings (SSSR count). The first kappa shape index (κ1) is 14.9. The summed E-state index contributed by atoms with van der Waals surface area (Å²) in [7, 11) is 0. The highest BCUT2D eigenvalue weighted by Gasteiger charge is 2.21. The summed E-state index contributed by atoms with van der Waals surface area (Å²) in [5, 5.41) is 23.8. The predicted molar refractivity (Wildman–Crippen MR) is 53.3 cm³/mol. The molecule has 9 nitrogen and oxygen atoms in total. The van der Waals surface area contributed by atoms with Crippen LogP contribution in [0.1, 0.15) is 20.8 Å². The number of aliphatic carboxylic acids is 1. The third kappa shape index (κ3) is 6.93. The first-order valence-electron chi connectivity index (χ1n) is 4.76. The van der Waals surface area contributed by atoms with E-state index in [1.54, 1.807) is 13.8 Å². The van der Waals surface area contributed by atoms with Crippen molar-refractivity contribution in [3.8, 4) is 0 Å². The number of nitrogens with zero attached hydrogens (tertiary/aromatic N) is 3. The minimum Gasteiger partial charge on any atom is -0.569 e. The summed E-state index contributed by atoms with van der Waals surface area (Å²) in [5.74, 6) is -1.75. The highest BCUT2D eigenvalue weighted by atomic mass is 16.8. The van der Waals surface area contributed by atoms with E-state index >= 15 is 0 Å². The van der Waals surface area contributed by atoms with Gasteiger partial charge in [-0.3, -0.25) is 9.59 Å². The van der Waals surface area contributed by atoms with E-state index in [0.717, 1.165) is 5.01 Å². The minimum atomic E-state index is -1.17. The lowest BCUT2D eigenvalue weighted by Gasteiger charge is -2.19. The monoisotopic (exact) mass is 249 g/mol. The van der Waals surface area contributed by atoms with E-state index in [2.05, 4.69) is 14.9 Å². The zero-order valence-corrected chi connectivity index (χ0v) is 9.82. The van der Waals surface area contributed by atoms with Crippen molar-refractivity contribution in [3.05, 3.63) is 5.21 Å². The topological polar surface area (TPSA) is 114 Å². The molecule has 0 bridgehead atoms. The molecule has 0 aromatic rings. The van der Waals surface area contributed by atoms with Crippen molar-refractivity contribution in [2.75, 3.05) is 13.3 Å². The number of rotatable bonds is 7. The lowest BCUT2D eigenvalue weighted by atomic mass is 10.4. The largest absolute Gasteiger partial charge is 0.569 e. The summed E-state index contributed by atoms with van der Waals surface area (Å²) in [6.45, 7) is 3.39. The Bertz CT molecular complexity index is 304. The summed E-state index contributed by atoms with van der Waals surface area (Å²) < 4.78 is 4.36.